The van der Waals surface area contributed by atoms with Gasteiger partial charge in [-0.1, -0.05) is 207 Å². The first kappa shape index (κ1) is 39.6. The van der Waals surface area contributed by atoms with Gasteiger partial charge in [-0.2, -0.15) is 0 Å². The molecule has 0 aliphatic heterocycles. The van der Waals surface area contributed by atoms with Crippen molar-refractivity contribution in [3.63, 3.8) is 0 Å². The Kier molecular flexibility index (Phi) is 10.3. The minimum Gasteiger partial charge on any atom is -0.309 e. The van der Waals surface area contributed by atoms with E-state index in [9.17, 15) is 0 Å². The molecular weight excluding hydrogens is 797 g/mol. The lowest BCUT2D eigenvalue weighted by atomic mass is 9.80. The van der Waals surface area contributed by atoms with Crippen LogP contribution in [0, 0.1) is 0 Å². The number of benzene rings is 10. The average molecular weight is 847 g/mol. The molecule has 0 saturated heterocycles. The summed E-state index contributed by atoms with van der Waals surface area (Å²) in [6, 6.07) is 87.4. The van der Waals surface area contributed by atoms with Crippen LogP contribution in [0.2, 0.25) is 0 Å². The van der Waals surface area contributed by atoms with Crippen molar-refractivity contribution in [2.75, 3.05) is 4.90 Å². The van der Waals surface area contributed by atoms with Gasteiger partial charge < -0.3 is 9.47 Å². The van der Waals surface area contributed by atoms with E-state index in [1.165, 1.54) is 109 Å². The second-order valence-corrected chi connectivity index (χ2v) is 17.8. The molecule has 1 fully saturated rings. The van der Waals surface area contributed by atoms with Gasteiger partial charge in [-0.3, -0.25) is 0 Å². The number of aromatic nitrogens is 1. The van der Waals surface area contributed by atoms with E-state index in [1.54, 1.807) is 0 Å². The van der Waals surface area contributed by atoms with Crippen molar-refractivity contribution >= 4 is 49.6 Å². The maximum absolute atomic E-state index is 2.53. The molecule has 0 radical (unpaired) electrons. The quantitative estimate of drug-likeness (QED) is 0.140. The SMILES string of the molecule is c1ccc(-c2ccc(N(c3cccc(-c4cccc5c6ccccc6n(-c6ccccc6)c45)c3)c3ccccc3-c3cccc4cccc(C5CCCCC5)c34)c(-c3ccccc3)c2)cc1. The first-order valence-electron chi connectivity index (χ1n) is 23.6. The van der Waals surface area contributed by atoms with Gasteiger partial charge in [0, 0.05) is 38.8 Å². The minimum absolute atomic E-state index is 0.563. The molecule has 2 nitrogen and oxygen atoms in total. The third kappa shape index (κ3) is 7.07. The molecule has 0 N–H and O–H groups in total. The van der Waals surface area contributed by atoms with Crippen LogP contribution in [-0.2, 0) is 0 Å². The lowest BCUT2D eigenvalue weighted by molar-refractivity contribution is 0.445. The summed E-state index contributed by atoms with van der Waals surface area (Å²) in [6.45, 7) is 0. The second-order valence-electron chi connectivity index (χ2n) is 17.8. The van der Waals surface area contributed by atoms with Gasteiger partial charge >= 0.3 is 0 Å². The van der Waals surface area contributed by atoms with Crippen LogP contribution < -0.4 is 4.90 Å². The van der Waals surface area contributed by atoms with Crippen molar-refractivity contribution in [2.24, 2.45) is 0 Å². The van der Waals surface area contributed by atoms with Gasteiger partial charge in [0.15, 0.2) is 0 Å². The smallest absolute Gasteiger partial charge is 0.0619 e. The number of fused-ring (bicyclic) bond motifs is 4. The fourth-order valence-corrected chi connectivity index (χ4v) is 11.0. The molecule has 10 aromatic carbocycles. The predicted molar refractivity (Wildman–Crippen MR) is 281 cm³/mol. The van der Waals surface area contributed by atoms with E-state index in [1.807, 2.05) is 0 Å². The second kappa shape index (κ2) is 17.2. The molecule has 1 saturated carbocycles. The average Bonchev–Trinajstić information content (AvgIpc) is 3.74. The third-order valence-electron chi connectivity index (χ3n) is 14.0. The molecular formula is C64H50N2. The number of anilines is 3. The summed E-state index contributed by atoms with van der Waals surface area (Å²) in [5.74, 6) is 0.563. The number of hydrogen-bond acceptors (Lipinski definition) is 1. The van der Waals surface area contributed by atoms with Crippen molar-refractivity contribution in [1.82, 2.24) is 4.57 Å². The first-order valence-corrected chi connectivity index (χ1v) is 23.6. The molecule has 12 rings (SSSR count). The summed E-state index contributed by atoms with van der Waals surface area (Å²) < 4.78 is 2.44. The number of para-hydroxylation sites is 4. The maximum atomic E-state index is 2.53. The fraction of sp³-hybridized carbons (Fsp3) is 0.0938. The molecule has 0 atom stereocenters. The topological polar surface area (TPSA) is 8.17 Å². The summed E-state index contributed by atoms with van der Waals surface area (Å²) in [4.78, 5) is 2.53. The lowest BCUT2D eigenvalue weighted by Gasteiger charge is -2.31. The van der Waals surface area contributed by atoms with Crippen molar-refractivity contribution in [2.45, 2.75) is 38.0 Å². The van der Waals surface area contributed by atoms with Crippen molar-refractivity contribution in [3.8, 4) is 50.2 Å². The van der Waals surface area contributed by atoms with Crippen LogP contribution in [0.25, 0.3) is 82.8 Å². The Hall–Kier alpha value is -7.94. The highest BCUT2D eigenvalue weighted by Gasteiger charge is 2.25. The summed E-state index contributed by atoms with van der Waals surface area (Å²) in [5, 5.41) is 5.18. The largest absolute Gasteiger partial charge is 0.309 e. The number of nitrogens with zero attached hydrogens (tertiary/aromatic N) is 2. The van der Waals surface area contributed by atoms with Crippen molar-refractivity contribution in [1.29, 1.82) is 0 Å². The molecule has 0 bridgehead atoms. The Labute approximate surface area is 387 Å². The fourth-order valence-electron chi connectivity index (χ4n) is 11.0. The van der Waals surface area contributed by atoms with E-state index in [-0.39, 0.29) is 0 Å². The highest BCUT2D eigenvalue weighted by atomic mass is 15.1. The van der Waals surface area contributed by atoms with Gasteiger partial charge in [-0.15, -0.1) is 0 Å². The first-order chi connectivity index (χ1) is 32.8. The van der Waals surface area contributed by atoms with E-state index >= 15 is 0 Å². The molecule has 1 aromatic heterocycles. The molecule has 1 heterocycles. The van der Waals surface area contributed by atoms with Crippen LogP contribution in [0.15, 0.2) is 237 Å². The Morgan fingerprint density at radius 1 is 0.379 bits per heavy atom. The predicted octanol–water partition coefficient (Wildman–Crippen LogP) is 18.1. The van der Waals surface area contributed by atoms with Crippen molar-refractivity contribution < 1.29 is 0 Å². The van der Waals surface area contributed by atoms with E-state index in [4.69, 9.17) is 0 Å². The molecule has 11 aromatic rings. The van der Waals surface area contributed by atoms with Gasteiger partial charge in [0.2, 0.25) is 0 Å². The van der Waals surface area contributed by atoms with Crippen LogP contribution in [0.5, 0.6) is 0 Å². The van der Waals surface area contributed by atoms with Crippen LogP contribution in [0.3, 0.4) is 0 Å². The zero-order chi connectivity index (χ0) is 43.8. The molecule has 1 aliphatic rings. The van der Waals surface area contributed by atoms with Crippen molar-refractivity contribution in [3.05, 3.63) is 242 Å². The van der Waals surface area contributed by atoms with Crippen LogP contribution in [0.1, 0.15) is 43.6 Å². The summed E-state index contributed by atoms with van der Waals surface area (Å²) in [5.41, 5.74) is 18.0. The molecule has 66 heavy (non-hydrogen) atoms. The molecule has 316 valence electrons. The zero-order valence-corrected chi connectivity index (χ0v) is 37.0. The standard InChI is InChI=1S/C64H50N2/c1-5-21-45(22-6-1)49-41-42-62(59(44-49)47-25-9-3-10-26-47)65(60-39-15-13-33-55(60)57-37-19-28-48-27-18-35-53(63(48)57)46-23-7-2-8-24-46)52-32-17-29-50(43-52)54-36-20-38-58-56-34-14-16-40-61(56)66(64(54)58)51-30-11-4-12-31-51/h1,3-6,9-22,25-44,46H,2,7-8,23-24H2. The van der Waals surface area contributed by atoms with Gasteiger partial charge in [0.25, 0.3) is 0 Å². The van der Waals surface area contributed by atoms with Crippen LogP contribution in [0.4, 0.5) is 17.1 Å². The number of rotatable bonds is 9. The Morgan fingerprint density at radius 2 is 0.985 bits per heavy atom. The zero-order valence-electron chi connectivity index (χ0n) is 37.0. The Balaban J connectivity index is 1.13. The maximum Gasteiger partial charge on any atom is 0.0619 e. The number of hydrogen-bond donors (Lipinski definition) is 0. The van der Waals surface area contributed by atoms with Crippen LogP contribution >= 0.6 is 0 Å². The van der Waals surface area contributed by atoms with E-state index in [2.05, 4.69) is 246 Å². The molecule has 2 heteroatoms. The van der Waals surface area contributed by atoms with E-state index < -0.39 is 0 Å². The molecule has 0 unspecified atom stereocenters. The normalized spacial score (nSPS) is 13.1. The molecule has 0 amide bonds. The van der Waals surface area contributed by atoms with Gasteiger partial charge in [0.05, 0.1) is 22.4 Å². The monoisotopic (exact) mass is 846 g/mol. The third-order valence-corrected chi connectivity index (χ3v) is 14.0. The molecule has 0 spiro atoms. The minimum atomic E-state index is 0.563. The van der Waals surface area contributed by atoms with Gasteiger partial charge in [0.1, 0.15) is 0 Å². The lowest BCUT2D eigenvalue weighted by Crippen LogP contribution is -2.13. The Morgan fingerprint density at radius 3 is 1.80 bits per heavy atom. The summed E-state index contributed by atoms with van der Waals surface area (Å²) >= 11 is 0. The van der Waals surface area contributed by atoms with E-state index in [0.717, 1.165) is 28.3 Å². The van der Waals surface area contributed by atoms with Gasteiger partial charge in [-0.05, 0) is 111 Å². The highest BCUT2D eigenvalue weighted by Crippen LogP contribution is 2.49. The van der Waals surface area contributed by atoms with Gasteiger partial charge in [-0.25, -0.2) is 0 Å². The summed E-state index contributed by atoms with van der Waals surface area (Å²) in [7, 11) is 0. The van der Waals surface area contributed by atoms with Crippen LogP contribution in [-0.4, -0.2) is 4.57 Å². The Bertz CT molecular complexity index is 3500. The molecule has 1 aliphatic carbocycles. The summed E-state index contributed by atoms with van der Waals surface area (Å²) in [6.07, 6.45) is 6.42. The highest BCUT2D eigenvalue weighted by molar-refractivity contribution is 6.14. The van der Waals surface area contributed by atoms with E-state index in [0.29, 0.717) is 5.92 Å².